The van der Waals surface area contributed by atoms with Crippen molar-refractivity contribution >= 4 is 34.2 Å². The molecule has 0 bridgehead atoms. The number of amides is 1. The van der Waals surface area contributed by atoms with Crippen LogP contribution in [-0.4, -0.2) is 37.0 Å². The summed E-state index contributed by atoms with van der Waals surface area (Å²) in [5.74, 6) is -0.306. The Hall–Kier alpha value is -1.51. The summed E-state index contributed by atoms with van der Waals surface area (Å²) >= 11 is 2.21. The molecule has 4 nitrogen and oxygen atoms in total. The molecule has 3 rings (SSSR count). The highest BCUT2D eigenvalue weighted by Gasteiger charge is 2.23. The fourth-order valence-corrected chi connectivity index (χ4v) is 3.24. The van der Waals surface area contributed by atoms with E-state index >= 15 is 0 Å². The second-order valence-corrected chi connectivity index (χ2v) is 6.95. The van der Waals surface area contributed by atoms with Gasteiger partial charge in [0.2, 0.25) is 5.91 Å². The predicted molar refractivity (Wildman–Crippen MR) is 99.3 cm³/mol. The van der Waals surface area contributed by atoms with E-state index in [9.17, 15) is 9.18 Å². The first kappa shape index (κ1) is 17.3. The smallest absolute Gasteiger partial charge is 0.238 e. The Labute approximate surface area is 154 Å². The van der Waals surface area contributed by atoms with E-state index < -0.39 is 0 Å². The molecule has 0 saturated carbocycles. The maximum atomic E-state index is 13.0. The number of ether oxygens (including phenoxy) is 1. The highest BCUT2D eigenvalue weighted by atomic mass is 127. The van der Waals surface area contributed by atoms with Crippen LogP contribution in [0, 0.1) is 9.39 Å². The standard InChI is InChI=1S/C18H18FIN2O2/c19-14-6-4-13(5-7-14)17-11-22(8-9-24-17)12-18(23)21-16-3-1-2-15(20)10-16/h1-7,10,17H,8-9,11-12H2,(H,21,23). The molecule has 1 saturated heterocycles. The topological polar surface area (TPSA) is 41.6 Å². The van der Waals surface area contributed by atoms with Gasteiger partial charge >= 0.3 is 0 Å². The van der Waals surface area contributed by atoms with Crippen molar-refractivity contribution in [3.8, 4) is 0 Å². The second kappa shape index (κ2) is 8.04. The van der Waals surface area contributed by atoms with Crippen molar-refractivity contribution in [1.29, 1.82) is 0 Å². The fraction of sp³-hybridized carbons (Fsp3) is 0.278. The van der Waals surface area contributed by atoms with Gasteiger partial charge in [-0.1, -0.05) is 18.2 Å². The van der Waals surface area contributed by atoms with Crippen LogP contribution in [0.2, 0.25) is 0 Å². The van der Waals surface area contributed by atoms with Gasteiger partial charge in [0, 0.05) is 22.3 Å². The first-order valence-corrected chi connectivity index (χ1v) is 8.83. The van der Waals surface area contributed by atoms with Crippen LogP contribution < -0.4 is 5.32 Å². The largest absolute Gasteiger partial charge is 0.371 e. The van der Waals surface area contributed by atoms with Crippen LogP contribution in [0.1, 0.15) is 11.7 Å². The van der Waals surface area contributed by atoms with Crippen LogP contribution in [0.15, 0.2) is 48.5 Å². The molecular formula is C18H18FIN2O2. The van der Waals surface area contributed by atoms with Crippen molar-refractivity contribution in [2.24, 2.45) is 0 Å². The fourth-order valence-electron chi connectivity index (χ4n) is 2.70. The Morgan fingerprint density at radius 2 is 2.08 bits per heavy atom. The minimum atomic E-state index is -0.261. The number of anilines is 1. The van der Waals surface area contributed by atoms with Gasteiger partial charge in [-0.05, 0) is 58.5 Å². The molecule has 0 aromatic heterocycles. The molecule has 1 unspecified atom stereocenters. The lowest BCUT2D eigenvalue weighted by molar-refractivity contribution is -0.119. The maximum Gasteiger partial charge on any atom is 0.238 e. The first-order chi connectivity index (χ1) is 11.6. The first-order valence-electron chi connectivity index (χ1n) is 7.75. The number of nitrogens with one attached hydrogen (secondary N) is 1. The van der Waals surface area contributed by atoms with Gasteiger partial charge in [-0.25, -0.2) is 4.39 Å². The number of carbonyl (C=O) groups is 1. The molecule has 1 amide bonds. The molecule has 126 valence electrons. The van der Waals surface area contributed by atoms with Gasteiger partial charge in [0.25, 0.3) is 0 Å². The van der Waals surface area contributed by atoms with Crippen LogP contribution in [-0.2, 0) is 9.53 Å². The molecule has 2 aromatic rings. The van der Waals surface area contributed by atoms with Gasteiger partial charge in [-0.2, -0.15) is 0 Å². The highest BCUT2D eigenvalue weighted by molar-refractivity contribution is 14.1. The summed E-state index contributed by atoms with van der Waals surface area (Å²) in [7, 11) is 0. The zero-order valence-corrected chi connectivity index (χ0v) is 15.2. The van der Waals surface area contributed by atoms with Crippen LogP contribution >= 0.6 is 22.6 Å². The summed E-state index contributed by atoms with van der Waals surface area (Å²) in [4.78, 5) is 14.3. The lowest BCUT2D eigenvalue weighted by atomic mass is 10.1. The number of benzene rings is 2. The SMILES string of the molecule is O=C(CN1CCOC(c2ccc(F)cc2)C1)Nc1cccc(I)c1. The molecule has 2 aromatic carbocycles. The number of rotatable bonds is 4. The lowest BCUT2D eigenvalue weighted by Crippen LogP contribution is -2.42. The van der Waals surface area contributed by atoms with E-state index in [0.717, 1.165) is 14.8 Å². The van der Waals surface area contributed by atoms with Gasteiger partial charge in [0.05, 0.1) is 19.3 Å². The van der Waals surface area contributed by atoms with E-state index in [-0.39, 0.29) is 17.8 Å². The Bertz CT molecular complexity index is 708. The van der Waals surface area contributed by atoms with E-state index in [1.54, 1.807) is 12.1 Å². The number of morpholine rings is 1. The summed E-state index contributed by atoms with van der Waals surface area (Å²) in [5.41, 5.74) is 1.73. The highest BCUT2D eigenvalue weighted by Crippen LogP contribution is 2.22. The minimum absolute atomic E-state index is 0.0447. The second-order valence-electron chi connectivity index (χ2n) is 5.70. The van der Waals surface area contributed by atoms with Gasteiger partial charge in [0.15, 0.2) is 0 Å². The Kier molecular flexibility index (Phi) is 5.80. The van der Waals surface area contributed by atoms with E-state index in [1.807, 2.05) is 24.3 Å². The minimum Gasteiger partial charge on any atom is -0.371 e. The van der Waals surface area contributed by atoms with Crippen molar-refractivity contribution in [2.75, 3.05) is 31.6 Å². The zero-order valence-electron chi connectivity index (χ0n) is 13.0. The van der Waals surface area contributed by atoms with Crippen LogP contribution in [0.4, 0.5) is 10.1 Å². The van der Waals surface area contributed by atoms with Crippen molar-refractivity contribution in [2.45, 2.75) is 6.10 Å². The summed E-state index contributed by atoms with van der Waals surface area (Å²) in [6.07, 6.45) is -0.134. The molecular weight excluding hydrogens is 422 g/mol. The van der Waals surface area contributed by atoms with Crippen molar-refractivity contribution in [3.63, 3.8) is 0 Å². The van der Waals surface area contributed by atoms with E-state index in [4.69, 9.17) is 4.74 Å². The number of halogens is 2. The maximum absolute atomic E-state index is 13.0. The molecule has 1 aliphatic heterocycles. The van der Waals surface area contributed by atoms with Gasteiger partial charge in [-0.15, -0.1) is 0 Å². The van der Waals surface area contributed by atoms with E-state index in [0.29, 0.717) is 26.2 Å². The summed E-state index contributed by atoms with van der Waals surface area (Å²) in [6, 6.07) is 14.0. The number of hydrogen-bond donors (Lipinski definition) is 1. The number of carbonyl (C=O) groups excluding carboxylic acids is 1. The number of hydrogen-bond acceptors (Lipinski definition) is 3. The molecule has 1 heterocycles. The lowest BCUT2D eigenvalue weighted by Gasteiger charge is -2.32. The monoisotopic (exact) mass is 440 g/mol. The molecule has 1 atom stereocenters. The van der Waals surface area contributed by atoms with Gasteiger partial charge in [-0.3, -0.25) is 9.69 Å². The molecule has 0 aliphatic carbocycles. The van der Waals surface area contributed by atoms with Gasteiger partial charge in [0.1, 0.15) is 5.82 Å². The zero-order chi connectivity index (χ0) is 16.9. The van der Waals surface area contributed by atoms with Crippen LogP contribution in [0.5, 0.6) is 0 Å². The third-order valence-electron chi connectivity index (χ3n) is 3.87. The molecule has 0 radical (unpaired) electrons. The average molecular weight is 440 g/mol. The molecule has 6 heteroatoms. The average Bonchev–Trinajstić information content (AvgIpc) is 2.55. The summed E-state index contributed by atoms with van der Waals surface area (Å²) in [6.45, 7) is 2.19. The normalized spacial score (nSPS) is 18.3. The molecule has 24 heavy (non-hydrogen) atoms. The summed E-state index contributed by atoms with van der Waals surface area (Å²) < 4.78 is 19.9. The third kappa shape index (κ3) is 4.75. The van der Waals surface area contributed by atoms with Crippen LogP contribution in [0.3, 0.4) is 0 Å². The predicted octanol–water partition coefficient (Wildman–Crippen LogP) is 3.44. The van der Waals surface area contributed by atoms with Crippen molar-refractivity contribution < 1.29 is 13.9 Å². The van der Waals surface area contributed by atoms with E-state index in [1.165, 1.54) is 12.1 Å². The van der Waals surface area contributed by atoms with E-state index in [2.05, 4.69) is 32.8 Å². The number of nitrogens with zero attached hydrogens (tertiary/aromatic N) is 1. The van der Waals surface area contributed by atoms with Crippen LogP contribution in [0.25, 0.3) is 0 Å². The summed E-state index contributed by atoms with van der Waals surface area (Å²) in [5, 5.41) is 2.92. The Balaban J connectivity index is 1.56. The molecule has 1 N–H and O–H groups in total. The Morgan fingerprint density at radius 1 is 1.29 bits per heavy atom. The van der Waals surface area contributed by atoms with Gasteiger partial charge < -0.3 is 10.1 Å². The van der Waals surface area contributed by atoms with Crippen molar-refractivity contribution in [1.82, 2.24) is 4.90 Å². The Morgan fingerprint density at radius 3 is 2.83 bits per heavy atom. The molecule has 1 fully saturated rings. The quantitative estimate of drug-likeness (QED) is 0.741. The molecule has 1 aliphatic rings. The van der Waals surface area contributed by atoms with Crippen molar-refractivity contribution in [3.05, 3.63) is 63.5 Å². The third-order valence-corrected chi connectivity index (χ3v) is 4.54. The molecule has 0 spiro atoms.